The van der Waals surface area contributed by atoms with Crippen LogP contribution in [0.15, 0.2) is 85.5 Å². The number of carbonyl (C=O) groups excluding carboxylic acids is 2. The first-order chi connectivity index (χ1) is 19.9. The predicted molar refractivity (Wildman–Crippen MR) is 170 cm³/mol. The molecule has 2 amide bonds. The highest BCUT2D eigenvalue weighted by Crippen LogP contribution is 2.33. The number of hydrogen-bond donors (Lipinski definition) is 0. The minimum atomic E-state index is -0.0835. The topological polar surface area (TPSA) is 59.1 Å². The highest BCUT2D eigenvalue weighted by Gasteiger charge is 2.28. The first kappa shape index (κ1) is 33.1. The van der Waals surface area contributed by atoms with E-state index in [0.29, 0.717) is 23.8 Å². The molecule has 41 heavy (non-hydrogen) atoms. The molecule has 2 heterocycles. The second kappa shape index (κ2) is 17.6. The summed E-state index contributed by atoms with van der Waals surface area (Å²) in [6.45, 7) is 17.4. The molecule has 2 aliphatic heterocycles. The van der Waals surface area contributed by atoms with Gasteiger partial charge < -0.3 is 14.4 Å². The van der Waals surface area contributed by atoms with E-state index in [9.17, 15) is 9.59 Å². The van der Waals surface area contributed by atoms with Gasteiger partial charge in [-0.3, -0.25) is 14.5 Å². The molecular weight excluding hydrogens is 512 g/mol. The molecule has 6 heteroatoms. The molecular formula is C35H46N2O4. The van der Waals surface area contributed by atoms with Crippen LogP contribution in [0.1, 0.15) is 64.7 Å². The maximum Gasteiger partial charge on any atom is 0.264 e. The smallest absolute Gasteiger partial charge is 0.264 e. The van der Waals surface area contributed by atoms with Crippen molar-refractivity contribution in [1.29, 1.82) is 0 Å². The molecule has 0 bridgehead atoms. The first-order valence-corrected chi connectivity index (χ1v) is 14.6. The Hall–Kier alpha value is -4.06. The zero-order chi connectivity index (χ0) is 30.2. The van der Waals surface area contributed by atoms with Crippen LogP contribution < -0.4 is 14.4 Å². The van der Waals surface area contributed by atoms with Gasteiger partial charge >= 0.3 is 0 Å². The van der Waals surface area contributed by atoms with Gasteiger partial charge in [-0.2, -0.15) is 0 Å². The molecule has 1 fully saturated rings. The Labute approximate surface area is 246 Å². The largest absolute Gasteiger partial charge is 0.493 e. The maximum atomic E-state index is 13.1. The van der Waals surface area contributed by atoms with Crippen LogP contribution in [0.2, 0.25) is 0 Å². The molecule has 0 aromatic heterocycles. The van der Waals surface area contributed by atoms with Crippen LogP contribution in [0.25, 0.3) is 11.1 Å². The van der Waals surface area contributed by atoms with Gasteiger partial charge in [-0.1, -0.05) is 76.6 Å². The number of fused-ring (bicyclic) bond motifs is 1. The minimum Gasteiger partial charge on any atom is -0.493 e. The van der Waals surface area contributed by atoms with E-state index in [1.54, 1.807) is 17.9 Å². The van der Waals surface area contributed by atoms with Crippen LogP contribution in [-0.2, 0) is 4.79 Å². The second-order valence-electron chi connectivity index (χ2n) is 9.62. The van der Waals surface area contributed by atoms with E-state index < -0.39 is 0 Å². The molecule has 0 N–H and O–H groups in total. The lowest BCUT2D eigenvalue weighted by Gasteiger charge is -2.29. The Balaban J connectivity index is 0.000000666. The molecule has 3 aromatic rings. The monoisotopic (exact) mass is 558 g/mol. The Morgan fingerprint density at radius 2 is 1.66 bits per heavy atom. The van der Waals surface area contributed by atoms with Crippen molar-refractivity contribution in [3.05, 3.63) is 91.0 Å². The van der Waals surface area contributed by atoms with Crippen molar-refractivity contribution in [1.82, 2.24) is 4.90 Å². The molecule has 0 radical (unpaired) electrons. The number of carbonyl (C=O) groups is 2. The van der Waals surface area contributed by atoms with Gasteiger partial charge in [0.2, 0.25) is 5.91 Å². The second-order valence-corrected chi connectivity index (χ2v) is 9.62. The third kappa shape index (κ3) is 9.52. The number of ether oxygens (including phenoxy) is 2. The normalized spacial score (nSPS) is 15.0. The van der Waals surface area contributed by atoms with Crippen molar-refractivity contribution in [2.45, 2.75) is 54.4 Å². The fourth-order valence-corrected chi connectivity index (χ4v) is 4.35. The van der Waals surface area contributed by atoms with E-state index in [-0.39, 0.29) is 18.5 Å². The zero-order valence-electron chi connectivity index (χ0n) is 25.6. The number of allylic oxidation sites excluding steroid dienone is 1. The molecule has 0 aliphatic carbocycles. The summed E-state index contributed by atoms with van der Waals surface area (Å²) in [4.78, 5) is 28.1. The maximum absolute atomic E-state index is 13.1. The lowest BCUT2D eigenvalue weighted by molar-refractivity contribution is -0.127. The third-order valence-electron chi connectivity index (χ3n) is 6.28. The molecule has 0 spiro atoms. The molecule has 220 valence electrons. The summed E-state index contributed by atoms with van der Waals surface area (Å²) < 4.78 is 11.9. The Morgan fingerprint density at radius 1 is 1.02 bits per heavy atom. The number of likely N-dealkylation sites (tertiary alicyclic amines) is 1. The van der Waals surface area contributed by atoms with Crippen molar-refractivity contribution in [3.63, 3.8) is 0 Å². The lowest BCUT2D eigenvalue weighted by Crippen LogP contribution is -2.38. The highest BCUT2D eigenvalue weighted by molar-refractivity contribution is 6.09. The van der Waals surface area contributed by atoms with Crippen LogP contribution >= 0.6 is 0 Å². The molecule has 1 unspecified atom stereocenters. The lowest BCUT2D eigenvalue weighted by atomic mass is 10.0. The van der Waals surface area contributed by atoms with Gasteiger partial charge in [-0.25, -0.2) is 0 Å². The Bertz CT molecular complexity index is 1220. The standard InChI is InChI=1S/C27H26N2O4.C3H8.C3H6.C2H6/c1-19(30)28-14-13-20(16-28)17-32-24-10-8-23(9-11-24)29-18-33-26-15-22(7-12-25(26)27(29)31)21-5-3-2-4-6-21;2*1-3-2;1-2/h2-12,15,20H,13-14,16-18H2,1H3;3H2,1-2H3;3H,1H2,2H3;1-2H3. The van der Waals surface area contributed by atoms with E-state index in [2.05, 4.69) is 20.4 Å². The zero-order valence-corrected chi connectivity index (χ0v) is 25.6. The van der Waals surface area contributed by atoms with Gasteiger partial charge in [0.1, 0.15) is 11.5 Å². The number of amides is 2. The fourth-order valence-electron chi connectivity index (χ4n) is 4.35. The van der Waals surface area contributed by atoms with Crippen LogP contribution in [-0.4, -0.2) is 43.1 Å². The van der Waals surface area contributed by atoms with E-state index >= 15 is 0 Å². The van der Waals surface area contributed by atoms with Gasteiger partial charge in [0.05, 0.1) is 12.2 Å². The Kier molecular flexibility index (Phi) is 14.2. The SMILES string of the molecule is C=CC.CC.CC(=O)N1CCC(COc2ccc(N3COc4cc(-c5ccccc5)ccc4C3=O)cc2)C1.CCC. The van der Waals surface area contributed by atoms with Crippen molar-refractivity contribution in [2.24, 2.45) is 5.92 Å². The van der Waals surface area contributed by atoms with Gasteiger partial charge in [0.25, 0.3) is 5.91 Å². The number of nitrogens with zero attached hydrogens (tertiary/aromatic N) is 2. The summed E-state index contributed by atoms with van der Waals surface area (Å²) in [6, 6.07) is 23.2. The summed E-state index contributed by atoms with van der Waals surface area (Å²) in [5.74, 6) is 1.74. The Morgan fingerprint density at radius 3 is 2.24 bits per heavy atom. The van der Waals surface area contributed by atoms with Crippen LogP contribution in [0.4, 0.5) is 5.69 Å². The average molecular weight is 559 g/mol. The van der Waals surface area contributed by atoms with Crippen molar-refractivity contribution in [2.75, 3.05) is 31.3 Å². The van der Waals surface area contributed by atoms with Gasteiger partial charge in [-0.05, 0) is 60.9 Å². The third-order valence-corrected chi connectivity index (χ3v) is 6.28. The quantitative estimate of drug-likeness (QED) is 0.296. The van der Waals surface area contributed by atoms with Crippen molar-refractivity contribution < 1.29 is 19.1 Å². The van der Waals surface area contributed by atoms with E-state index in [4.69, 9.17) is 9.47 Å². The number of rotatable bonds is 5. The predicted octanol–water partition coefficient (Wildman–Crippen LogP) is 8.23. The summed E-state index contributed by atoms with van der Waals surface area (Å²) in [6.07, 6.45) is 3.96. The van der Waals surface area contributed by atoms with E-state index in [0.717, 1.165) is 42.1 Å². The summed E-state index contributed by atoms with van der Waals surface area (Å²) in [5, 5.41) is 0. The fraction of sp³-hybridized carbons (Fsp3) is 0.371. The number of benzene rings is 3. The molecule has 6 nitrogen and oxygen atoms in total. The highest BCUT2D eigenvalue weighted by atomic mass is 16.5. The molecule has 0 saturated carbocycles. The van der Waals surface area contributed by atoms with Crippen LogP contribution in [0, 0.1) is 5.92 Å². The molecule has 1 atom stereocenters. The first-order valence-electron chi connectivity index (χ1n) is 14.6. The van der Waals surface area contributed by atoms with Gasteiger partial charge in [0, 0.05) is 31.6 Å². The van der Waals surface area contributed by atoms with Gasteiger partial charge in [-0.15, -0.1) is 6.58 Å². The van der Waals surface area contributed by atoms with Crippen LogP contribution in [0.5, 0.6) is 11.5 Å². The molecule has 5 rings (SSSR count). The van der Waals surface area contributed by atoms with Crippen LogP contribution in [0.3, 0.4) is 0 Å². The van der Waals surface area contributed by atoms with E-state index in [1.165, 1.54) is 6.42 Å². The van der Waals surface area contributed by atoms with Crippen molar-refractivity contribution in [3.8, 4) is 22.6 Å². The molecule has 2 aliphatic rings. The van der Waals surface area contributed by atoms with Gasteiger partial charge in [0.15, 0.2) is 6.73 Å². The summed E-state index contributed by atoms with van der Waals surface area (Å²) in [5.41, 5.74) is 3.41. The van der Waals surface area contributed by atoms with E-state index in [1.807, 2.05) is 98.5 Å². The minimum absolute atomic E-state index is 0.0835. The molecule has 1 saturated heterocycles. The number of hydrogen-bond acceptors (Lipinski definition) is 4. The number of anilines is 1. The average Bonchev–Trinajstić information content (AvgIpc) is 3.49. The molecule has 3 aromatic carbocycles. The summed E-state index contributed by atoms with van der Waals surface area (Å²) >= 11 is 0. The van der Waals surface area contributed by atoms with Crippen molar-refractivity contribution >= 4 is 17.5 Å². The summed E-state index contributed by atoms with van der Waals surface area (Å²) in [7, 11) is 0.